The maximum Gasteiger partial charge on any atom is 0.153 e. The highest BCUT2D eigenvalue weighted by Crippen LogP contribution is 2.18. The third-order valence-electron chi connectivity index (χ3n) is 2.81. The summed E-state index contributed by atoms with van der Waals surface area (Å²) >= 11 is 0. The molecule has 102 valence electrons. The second-order valence-corrected chi connectivity index (χ2v) is 4.23. The highest BCUT2D eigenvalue weighted by atomic mass is 16.5. The first-order chi connectivity index (χ1) is 9.83. The summed E-state index contributed by atoms with van der Waals surface area (Å²) < 4.78 is 10.5. The van der Waals surface area contributed by atoms with Crippen LogP contribution in [0.3, 0.4) is 0 Å². The second-order valence-electron chi connectivity index (χ2n) is 4.23. The van der Waals surface area contributed by atoms with Crippen LogP contribution in [0, 0.1) is 0 Å². The number of hydrogen-bond donors (Lipinski definition) is 0. The van der Waals surface area contributed by atoms with Crippen LogP contribution in [-0.2, 0) is 16.1 Å². The highest BCUT2D eigenvalue weighted by molar-refractivity contribution is 6.06. The number of aldehydes is 1. The number of hydrogen-bond acceptors (Lipinski definition) is 3. The van der Waals surface area contributed by atoms with Gasteiger partial charge in [-0.3, -0.25) is 4.79 Å². The number of methoxy groups -OCH3 is 1. The molecular formula is C17H16O3. The Labute approximate surface area is 118 Å². The summed E-state index contributed by atoms with van der Waals surface area (Å²) in [6.45, 7) is 0.522. The van der Waals surface area contributed by atoms with Crippen LogP contribution in [-0.4, -0.2) is 13.4 Å². The lowest BCUT2D eigenvalue weighted by molar-refractivity contribution is -0.103. The van der Waals surface area contributed by atoms with Crippen LogP contribution < -0.4 is 4.74 Å². The van der Waals surface area contributed by atoms with Gasteiger partial charge in [0.2, 0.25) is 0 Å². The SMILES string of the molecule is COC=C(C=O)c1ccc(OCc2ccccc2)cc1. The van der Waals surface area contributed by atoms with Crippen molar-refractivity contribution < 1.29 is 14.3 Å². The van der Waals surface area contributed by atoms with Gasteiger partial charge in [0.25, 0.3) is 0 Å². The van der Waals surface area contributed by atoms with E-state index in [0.29, 0.717) is 12.2 Å². The Morgan fingerprint density at radius 2 is 1.75 bits per heavy atom. The van der Waals surface area contributed by atoms with Crippen molar-refractivity contribution in [2.45, 2.75) is 6.61 Å². The molecule has 3 nitrogen and oxygen atoms in total. The van der Waals surface area contributed by atoms with E-state index in [1.165, 1.54) is 13.4 Å². The van der Waals surface area contributed by atoms with Crippen LogP contribution in [0.4, 0.5) is 0 Å². The molecule has 0 atom stereocenters. The van der Waals surface area contributed by atoms with Gasteiger partial charge in [-0.15, -0.1) is 0 Å². The zero-order valence-corrected chi connectivity index (χ0v) is 11.3. The van der Waals surface area contributed by atoms with Gasteiger partial charge in [-0.2, -0.15) is 0 Å². The number of carbonyl (C=O) groups excluding carboxylic acids is 1. The van der Waals surface area contributed by atoms with Crippen molar-refractivity contribution in [1.82, 2.24) is 0 Å². The molecule has 0 saturated heterocycles. The first-order valence-corrected chi connectivity index (χ1v) is 6.29. The van der Waals surface area contributed by atoms with E-state index >= 15 is 0 Å². The minimum atomic E-state index is 0.502. The van der Waals surface area contributed by atoms with E-state index in [1.807, 2.05) is 54.6 Å². The summed E-state index contributed by atoms with van der Waals surface area (Å²) in [4.78, 5) is 10.9. The molecule has 0 aromatic heterocycles. The molecule has 20 heavy (non-hydrogen) atoms. The fourth-order valence-electron chi connectivity index (χ4n) is 1.78. The number of ether oxygens (including phenoxy) is 2. The molecule has 0 heterocycles. The summed E-state index contributed by atoms with van der Waals surface area (Å²) in [5.41, 5.74) is 2.42. The van der Waals surface area contributed by atoms with E-state index in [9.17, 15) is 4.79 Å². The summed E-state index contributed by atoms with van der Waals surface area (Å²) in [7, 11) is 1.51. The van der Waals surface area contributed by atoms with E-state index in [4.69, 9.17) is 9.47 Å². The fourth-order valence-corrected chi connectivity index (χ4v) is 1.78. The highest BCUT2D eigenvalue weighted by Gasteiger charge is 2.01. The van der Waals surface area contributed by atoms with Crippen molar-refractivity contribution >= 4 is 11.9 Å². The van der Waals surface area contributed by atoms with E-state index in [2.05, 4.69) is 0 Å². The zero-order valence-electron chi connectivity index (χ0n) is 11.3. The topological polar surface area (TPSA) is 35.5 Å². The Morgan fingerprint density at radius 1 is 1.05 bits per heavy atom. The smallest absolute Gasteiger partial charge is 0.153 e. The molecule has 0 unspecified atom stereocenters. The predicted octanol–water partition coefficient (Wildman–Crippen LogP) is 3.45. The van der Waals surface area contributed by atoms with Crippen LogP contribution in [0.1, 0.15) is 11.1 Å². The lowest BCUT2D eigenvalue weighted by Gasteiger charge is -2.07. The van der Waals surface area contributed by atoms with Crippen molar-refractivity contribution in [1.29, 1.82) is 0 Å². The molecule has 0 bridgehead atoms. The molecule has 2 aromatic carbocycles. The lowest BCUT2D eigenvalue weighted by Crippen LogP contribution is -1.95. The van der Waals surface area contributed by atoms with Gasteiger partial charge in [0.1, 0.15) is 12.4 Å². The molecule has 0 aliphatic heterocycles. The zero-order chi connectivity index (χ0) is 14.2. The Hall–Kier alpha value is -2.55. The molecule has 0 amide bonds. The third kappa shape index (κ3) is 3.72. The van der Waals surface area contributed by atoms with Gasteiger partial charge < -0.3 is 9.47 Å². The van der Waals surface area contributed by atoms with Gasteiger partial charge in [0.05, 0.1) is 18.9 Å². The summed E-state index contributed by atoms with van der Waals surface area (Å²) in [6.07, 6.45) is 2.19. The minimum absolute atomic E-state index is 0.502. The van der Waals surface area contributed by atoms with E-state index in [1.54, 1.807) is 0 Å². The standard InChI is InChI=1S/C17H16O3/c1-19-13-16(11-18)15-7-9-17(10-8-15)20-12-14-5-3-2-4-6-14/h2-11,13H,12H2,1H3. The van der Waals surface area contributed by atoms with E-state index in [-0.39, 0.29) is 0 Å². The molecule has 0 aliphatic rings. The van der Waals surface area contributed by atoms with Gasteiger partial charge in [-0.25, -0.2) is 0 Å². The lowest BCUT2D eigenvalue weighted by atomic mass is 10.1. The maximum atomic E-state index is 10.9. The van der Waals surface area contributed by atoms with Crippen LogP contribution in [0.15, 0.2) is 60.9 Å². The first kappa shape index (κ1) is 13.9. The average molecular weight is 268 g/mol. The van der Waals surface area contributed by atoms with Crippen molar-refractivity contribution in [3.63, 3.8) is 0 Å². The summed E-state index contributed by atoms with van der Waals surface area (Å²) in [5, 5.41) is 0. The average Bonchev–Trinajstić information content (AvgIpc) is 2.52. The Balaban J connectivity index is 2.01. The van der Waals surface area contributed by atoms with Crippen LogP contribution in [0.25, 0.3) is 5.57 Å². The molecule has 3 heteroatoms. The molecule has 0 radical (unpaired) electrons. The van der Waals surface area contributed by atoms with Crippen LogP contribution in [0.2, 0.25) is 0 Å². The molecule has 0 spiro atoms. The minimum Gasteiger partial charge on any atom is -0.504 e. The maximum absolute atomic E-state index is 10.9. The van der Waals surface area contributed by atoms with Crippen molar-refractivity contribution in [3.05, 3.63) is 72.0 Å². The van der Waals surface area contributed by atoms with Crippen molar-refractivity contribution in [3.8, 4) is 5.75 Å². The Bertz CT molecular complexity index is 571. The molecule has 0 saturated carbocycles. The largest absolute Gasteiger partial charge is 0.504 e. The Kier molecular flexibility index (Phi) is 4.95. The predicted molar refractivity (Wildman–Crippen MR) is 78.3 cm³/mol. The third-order valence-corrected chi connectivity index (χ3v) is 2.81. The van der Waals surface area contributed by atoms with Crippen molar-refractivity contribution in [2.24, 2.45) is 0 Å². The molecular weight excluding hydrogens is 252 g/mol. The molecule has 0 N–H and O–H groups in total. The number of allylic oxidation sites excluding steroid dienone is 1. The van der Waals surface area contributed by atoms with Gasteiger partial charge >= 0.3 is 0 Å². The number of carbonyl (C=O) groups is 1. The Morgan fingerprint density at radius 3 is 2.35 bits per heavy atom. The van der Waals surface area contributed by atoms with Gasteiger partial charge in [-0.1, -0.05) is 42.5 Å². The second kappa shape index (κ2) is 7.14. The van der Waals surface area contributed by atoms with E-state index < -0.39 is 0 Å². The molecule has 0 aliphatic carbocycles. The monoisotopic (exact) mass is 268 g/mol. The molecule has 2 rings (SSSR count). The van der Waals surface area contributed by atoms with E-state index in [0.717, 1.165) is 23.2 Å². The number of rotatable bonds is 6. The molecule has 2 aromatic rings. The van der Waals surface area contributed by atoms with Crippen molar-refractivity contribution in [2.75, 3.05) is 7.11 Å². The molecule has 0 fully saturated rings. The summed E-state index contributed by atoms with van der Waals surface area (Å²) in [6, 6.07) is 17.3. The van der Waals surface area contributed by atoms with Gasteiger partial charge in [0.15, 0.2) is 6.29 Å². The quantitative estimate of drug-likeness (QED) is 0.457. The fraction of sp³-hybridized carbons (Fsp3) is 0.118. The van der Waals surface area contributed by atoms with Crippen LogP contribution >= 0.6 is 0 Å². The van der Waals surface area contributed by atoms with Crippen LogP contribution in [0.5, 0.6) is 5.75 Å². The summed E-state index contributed by atoms with van der Waals surface area (Å²) in [5.74, 6) is 0.764. The van der Waals surface area contributed by atoms with Gasteiger partial charge in [0, 0.05) is 0 Å². The number of benzene rings is 2. The normalized spacial score (nSPS) is 10.9. The first-order valence-electron chi connectivity index (χ1n) is 6.29. The van der Waals surface area contributed by atoms with Gasteiger partial charge in [-0.05, 0) is 23.3 Å².